The monoisotopic (exact) mass is 117 g/mol. The number of hydroxylamine groups is 2. The van der Waals surface area contributed by atoms with E-state index in [1.54, 1.807) is 14.1 Å². The smallest absolute Gasteiger partial charge is 0.215 e. The minimum atomic E-state index is 0.368. The fourth-order valence-electron chi connectivity index (χ4n) is 0.234. The molecule has 0 saturated heterocycles. The Hall–Kier alpha value is -0.770. The molecule has 0 aliphatic heterocycles. The van der Waals surface area contributed by atoms with Gasteiger partial charge >= 0.3 is 0 Å². The van der Waals surface area contributed by atoms with Crippen LogP contribution >= 0.6 is 0 Å². The van der Waals surface area contributed by atoms with E-state index in [1.165, 1.54) is 12.2 Å². The third kappa shape index (κ3) is 1.79. The van der Waals surface area contributed by atoms with Gasteiger partial charge in [0, 0.05) is 14.1 Å². The topological polar surface area (TPSA) is 50.8 Å². The molecule has 0 amide bonds. The number of nitrogens with zero attached hydrogens (tertiary/aromatic N) is 2. The van der Waals surface area contributed by atoms with Gasteiger partial charge in [-0.1, -0.05) is 0 Å². The lowest BCUT2D eigenvalue weighted by molar-refractivity contribution is -0.0430. The molecule has 48 valence electrons. The summed E-state index contributed by atoms with van der Waals surface area (Å²) in [7, 11) is 4.81. The molecule has 0 atom stereocenters. The van der Waals surface area contributed by atoms with Gasteiger partial charge in [-0.2, -0.15) is 0 Å². The molecular formula is C4H11N3O. The van der Waals surface area contributed by atoms with Crippen molar-refractivity contribution in [3.8, 4) is 0 Å². The SMILES string of the molecule is CN=C(N)N(C)OC. The normalized spacial score (nSPS) is 11.6. The molecule has 0 fully saturated rings. The molecular weight excluding hydrogens is 106 g/mol. The molecule has 0 unspecified atom stereocenters. The van der Waals surface area contributed by atoms with Crippen molar-refractivity contribution in [2.24, 2.45) is 10.7 Å². The predicted octanol–water partition coefficient (Wildman–Crippen LogP) is -0.576. The summed E-state index contributed by atoms with van der Waals surface area (Å²) in [5.74, 6) is 0.368. The van der Waals surface area contributed by atoms with Crippen molar-refractivity contribution in [2.75, 3.05) is 21.2 Å². The van der Waals surface area contributed by atoms with Crippen LogP contribution < -0.4 is 5.73 Å². The molecule has 4 heteroatoms. The molecule has 2 N–H and O–H groups in total. The Labute approximate surface area is 48.9 Å². The Kier molecular flexibility index (Phi) is 2.95. The maximum absolute atomic E-state index is 5.28. The first-order chi connectivity index (χ1) is 3.72. The van der Waals surface area contributed by atoms with Gasteiger partial charge in [-0.05, 0) is 0 Å². The van der Waals surface area contributed by atoms with Gasteiger partial charge in [0.2, 0.25) is 5.96 Å². The van der Waals surface area contributed by atoms with Gasteiger partial charge < -0.3 is 5.73 Å². The molecule has 0 aliphatic carbocycles. The van der Waals surface area contributed by atoms with Gasteiger partial charge in [-0.25, -0.2) is 5.06 Å². The van der Waals surface area contributed by atoms with E-state index in [9.17, 15) is 0 Å². The summed E-state index contributed by atoms with van der Waals surface area (Å²) < 4.78 is 0. The number of guanidine groups is 1. The van der Waals surface area contributed by atoms with Crippen LogP contribution in [0.1, 0.15) is 0 Å². The summed E-state index contributed by atoms with van der Waals surface area (Å²) in [4.78, 5) is 8.33. The molecule has 8 heavy (non-hydrogen) atoms. The van der Waals surface area contributed by atoms with Gasteiger partial charge in [-0.3, -0.25) is 9.83 Å². The molecule has 0 aliphatic rings. The molecule has 0 heterocycles. The van der Waals surface area contributed by atoms with Crippen molar-refractivity contribution in [3.63, 3.8) is 0 Å². The minimum absolute atomic E-state index is 0.368. The molecule has 0 radical (unpaired) electrons. The average molecular weight is 117 g/mol. The fourth-order valence-corrected chi connectivity index (χ4v) is 0.234. The summed E-state index contributed by atoms with van der Waals surface area (Å²) >= 11 is 0. The highest BCUT2D eigenvalue weighted by atomic mass is 16.7. The Morgan fingerprint density at radius 2 is 2.25 bits per heavy atom. The summed E-state index contributed by atoms with van der Waals surface area (Å²) in [5.41, 5.74) is 5.28. The zero-order valence-corrected chi connectivity index (χ0v) is 5.38. The molecule has 0 saturated carbocycles. The van der Waals surface area contributed by atoms with Gasteiger partial charge in [0.15, 0.2) is 0 Å². The molecule has 0 aromatic carbocycles. The van der Waals surface area contributed by atoms with Crippen molar-refractivity contribution in [2.45, 2.75) is 0 Å². The molecule has 0 rings (SSSR count). The van der Waals surface area contributed by atoms with Crippen LogP contribution in [-0.4, -0.2) is 32.2 Å². The molecule has 4 nitrogen and oxygen atoms in total. The maximum atomic E-state index is 5.28. The second kappa shape index (κ2) is 3.26. The van der Waals surface area contributed by atoms with Crippen LogP contribution in [0.5, 0.6) is 0 Å². The van der Waals surface area contributed by atoms with E-state index < -0.39 is 0 Å². The average Bonchev–Trinajstić information content (AvgIpc) is 1.84. The molecule has 0 aromatic rings. The number of nitrogens with two attached hydrogens (primary N) is 1. The second-order valence-electron chi connectivity index (χ2n) is 1.26. The van der Waals surface area contributed by atoms with Crippen LogP contribution in [0.15, 0.2) is 4.99 Å². The summed E-state index contributed by atoms with van der Waals surface area (Å²) in [6.07, 6.45) is 0. The second-order valence-corrected chi connectivity index (χ2v) is 1.26. The van der Waals surface area contributed by atoms with Gasteiger partial charge in [0.05, 0.1) is 7.11 Å². The molecule has 0 aromatic heterocycles. The largest absolute Gasteiger partial charge is 0.368 e. The quantitative estimate of drug-likeness (QED) is 0.284. The molecule has 0 bridgehead atoms. The lowest BCUT2D eigenvalue weighted by Gasteiger charge is -2.12. The van der Waals surface area contributed by atoms with Crippen LogP contribution in [0.2, 0.25) is 0 Å². The first-order valence-electron chi connectivity index (χ1n) is 2.22. The Balaban J connectivity index is 3.63. The summed E-state index contributed by atoms with van der Waals surface area (Å²) in [5, 5.41) is 1.38. The summed E-state index contributed by atoms with van der Waals surface area (Å²) in [6, 6.07) is 0. The van der Waals surface area contributed by atoms with E-state index in [-0.39, 0.29) is 0 Å². The van der Waals surface area contributed by atoms with Crippen molar-refractivity contribution < 1.29 is 4.84 Å². The fraction of sp³-hybridized carbons (Fsp3) is 0.750. The highest BCUT2D eigenvalue weighted by Crippen LogP contribution is 1.77. The van der Waals surface area contributed by atoms with Crippen LogP contribution in [0.3, 0.4) is 0 Å². The zero-order chi connectivity index (χ0) is 6.57. The van der Waals surface area contributed by atoms with Gasteiger partial charge in [-0.15, -0.1) is 0 Å². The first-order valence-corrected chi connectivity index (χ1v) is 2.22. The maximum Gasteiger partial charge on any atom is 0.215 e. The van der Waals surface area contributed by atoms with Gasteiger partial charge in [0.1, 0.15) is 0 Å². The van der Waals surface area contributed by atoms with E-state index >= 15 is 0 Å². The standard InChI is InChI=1S/C4H11N3O/c1-6-4(5)7(2)8-3/h1-3H3,(H2,5,6). The number of hydrogen-bond acceptors (Lipinski definition) is 2. The number of aliphatic imine (C=N–C) groups is 1. The summed E-state index contributed by atoms with van der Waals surface area (Å²) in [6.45, 7) is 0. The first kappa shape index (κ1) is 7.23. The lowest BCUT2D eigenvalue weighted by Crippen LogP contribution is -2.32. The Bertz CT molecular complexity index is 91.3. The predicted molar refractivity (Wildman–Crippen MR) is 32.3 cm³/mol. The van der Waals surface area contributed by atoms with Crippen molar-refractivity contribution >= 4 is 5.96 Å². The Morgan fingerprint density at radius 1 is 1.75 bits per heavy atom. The van der Waals surface area contributed by atoms with Crippen molar-refractivity contribution in [1.29, 1.82) is 0 Å². The van der Waals surface area contributed by atoms with Crippen LogP contribution in [0, 0.1) is 0 Å². The van der Waals surface area contributed by atoms with E-state index in [0.29, 0.717) is 5.96 Å². The van der Waals surface area contributed by atoms with E-state index in [2.05, 4.69) is 9.83 Å². The van der Waals surface area contributed by atoms with E-state index in [1.807, 2.05) is 0 Å². The van der Waals surface area contributed by atoms with Crippen molar-refractivity contribution in [1.82, 2.24) is 5.06 Å². The number of rotatable bonds is 1. The minimum Gasteiger partial charge on any atom is -0.368 e. The van der Waals surface area contributed by atoms with Crippen molar-refractivity contribution in [3.05, 3.63) is 0 Å². The van der Waals surface area contributed by atoms with Crippen LogP contribution in [-0.2, 0) is 4.84 Å². The van der Waals surface area contributed by atoms with Crippen LogP contribution in [0.4, 0.5) is 0 Å². The molecule has 0 spiro atoms. The third-order valence-corrected chi connectivity index (χ3v) is 0.826. The van der Waals surface area contributed by atoms with E-state index in [4.69, 9.17) is 5.73 Å². The highest BCUT2D eigenvalue weighted by Gasteiger charge is 1.93. The van der Waals surface area contributed by atoms with Crippen LogP contribution in [0.25, 0.3) is 0 Å². The van der Waals surface area contributed by atoms with Gasteiger partial charge in [0.25, 0.3) is 0 Å². The lowest BCUT2D eigenvalue weighted by atomic mass is 10.9. The number of hydrogen-bond donors (Lipinski definition) is 1. The Morgan fingerprint density at radius 3 is 2.38 bits per heavy atom. The highest BCUT2D eigenvalue weighted by molar-refractivity contribution is 5.76. The third-order valence-electron chi connectivity index (χ3n) is 0.826. The zero-order valence-electron chi connectivity index (χ0n) is 5.38. The van der Waals surface area contributed by atoms with E-state index in [0.717, 1.165) is 0 Å².